The maximum atomic E-state index is 11.7. The van der Waals surface area contributed by atoms with Crippen LogP contribution in [0.15, 0.2) is 12.7 Å². The van der Waals surface area contributed by atoms with Gasteiger partial charge < -0.3 is 15.7 Å². The van der Waals surface area contributed by atoms with E-state index in [4.69, 9.17) is 5.11 Å². The Morgan fingerprint density at radius 2 is 2.21 bits per heavy atom. The molecule has 0 radical (unpaired) electrons. The molecule has 5 nitrogen and oxygen atoms in total. The van der Waals surface area contributed by atoms with Gasteiger partial charge in [0, 0.05) is 38.8 Å². The number of nitrogens with zero attached hydrogens (tertiary/aromatic N) is 1. The first-order valence-corrected chi connectivity index (χ1v) is 7.14. The van der Waals surface area contributed by atoms with Gasteiger partial charge >= 0.3 is 6.03 Å². The molecular weight excluding hydrogens is 242 g/mol. The summed E-state index contributed by atoms with van der Waals surface area (Å²) >= 11 is 0. The van der Waals surface area contributed by atoms with Crippen LogP contribution in [0.25, 0.3) is 0 Å². The second kappa shape index (κ2) is 8.93. The van der Waals surface area contributed by atoms with Crippen LogP contribution < -0.4 is 10.6 Å². The number of aliphatic hydroxyl groups is 1. The highest BCUT2D eigenvalue weighted by Crippen LogP contribution is 2.09. The van der Waals surface area contributed by atoms with Gasteiger partial charge in [0.25, 0.3) is 0 Å². The Hall–Kier alpha value is -1.07. The van der Waals surface area contributed by atoms with E-state index < -0.39 is 0 Å². The molecule has 1 fully saturated rings. The van der Waals surface area contributed by atoms with Gasteiger partial charge in [-0.05, 0) is 25.2 Å². The highest BCUT2D eigenvalue weighted by Gasteiger charge is 2.19. The molecule has 0 aliphatic carbocycles. The molecule has 1 rings (SSSR count). The Bertz CT molecular complexity index is 276. The molecule has 1 heterocycles. The van der Waals surface area contributed by atoms with Gasteiger partial charge in [0.05, 0.1) is 0 Å². The summed E-state index contributed by atoms with van der Waals surface area (Å²) in [6.07, 6.45) is 4.63. The summed E-state index contributed by atoms with van der Waals surface area (Å²) in [5.74, 6) is 0.310. The zero-order chi connectivity index (χ0) is 14.1. The SMILES string of the molecule is C=CCN1CCC(NC(=O)NCC(C)CCO)CC1. The predicted molar refractivity (Wildman–Crippen MR) is 77.1 cm³/mol. The van der Waals surface area contributed by atoms with E-state index in [1.54, 1.807) is 0 Å². The van der Waals surface area contributed by atoms with Gasteiger partial charge in [-0.25, -0.2) is 4.79 Å². The Balaban J connectivity index is 2.14. The Morgan fingerprint density at radius 1 is 1.53 bits per heavy atom. The van der Waals surface area contributed by atoms with Crippen molar-refractivity contribution in [2.45, 2.75) is 32.2 Å². The molecule has 3 N–H and O–H groups in total. The summed E-state index contributed by atoms with van der Waals surface area (Å²) in [4.78, 5) is 14.1. The molecule has 1 unspecified atom stereocenters. The summed E-state index contributed by atoms with van der Waals surface area (Å²) < 4.78 is 0. The largest absolute Gasteiger partial charge is 0.396 e. The zero-order valence-corrected chi connectivity index (χ0v) is 11.9. The van der Waals surface area contributed by atoms with E-state index in [1.165, 1.54) is 0 Å². The lowest BCUT2D eigenvalue weighted by Gasteiger charge is -2.31. The number of piperidine rings is 1. The van der Waals surface area contributed by atoms with E-state index in [0.29, 0.717) is 12.5 Å². The van der Waals surface area contributed by atoms with Gasteiger partial charge in [0.15, 0.2) is 0 Å². The first-order chi connectivity index (χ1) is 9.15. The van der Waals surface area contributed by atoms with E-state index in [-0.39, 0.29) is 18.7 Å². The van der Waals surface area contributed by atoms with Crippen LogP contribution in [-0.4, -0.2) is 54.9 Å². The number of nitrogens with one attached hydrogen (secondary N) is 2. The molecule has 2 amide bonds. The van der Waals surface area contributed by atoms with Crippen LogP contribution in [-0.2, 0) is 0 Å². The molecular formula is C14H27N3O2. The fourth-order valence-electron chi connectivity index (χ4n) is 2.27. The minimum atomic E-state index is -0.0908. The molecule has 5 heteroatoms. The van der Waals surface area contributed by atoms with Gasteiger partial charge in [-0.15, -0.1) is 6.58 Å². The number of carbonyl (C=O) groups is 1. The lowest BCUT2D eigenvalue weighted by molar-refractivity contribution is 0.202. The van der Waals surface area contributed by atoms with Crippen LogP contribution in [0.1, 0.15) is 26.2 Å². The summed E-state index contributed by atoms with van der Waals surface area (Å²) in [5, 5.41) is 14.7. The summed E-state index contributed by atoms with van der Waals surface area (Å²) in [6.45, 7) is 9.49. The first-order valence-electron chi connectivity index (χ1n) is 7.14. The standard InChI is InChI=1S/C14H27N3O2/c1-3-7-17-8-4-13(5-9-17)16-14(19)15-11-12(2)6-10-18/h3,12-13,18H,1,4-11H2,2H3,(H2,15,16,19). The fraction of sp³-hybridized carbons (Fsp3) is 0.786. The summed E-state index contributed by atoms with van der Waals surface area (Å²) in [5.41, 5.74) is 0. The molecule has 0 aromatic rings. The molecule has 1 atom stereocenters. The molecule has 1 saturated heterocycles. The summed E-state index contributed by atoms with van der Waals surface area (Å²) in [7, 11) is 0. The van der Waals surface area contributed by atoms with Crippen LogP contribution in [0.3, 0.4) is 0 Å². The minimum absolute atomic E-state index is 0.0908. The maximum Gasteiger partial charge on any atom is 0.315 e. The van der Waals surface area contributed by atoms with Gasteiger partial charge in [-0.3, -0.25) is 4.90 Å². The molecule has 0 bridgehead atoms. The lowest BCUT2D eigenvalue weighted by Crippen LogP contribution is -2.48. The van der Waals surface area contributed by atoms with Crippen LogP contribution in [0.4, 0.5) is 4.79 Å². The molecule has 0 spiro atoms. The molecule has 110 valence electrons. The number of aliphatic hydroxyl groups excluding tert-OH is 1. The molecule has 19 heavy (non-hydrogen) atoms. The molecule has 0 aromatic carbocycles. The maximum absolute atomic E-state index is 11.7. The highest BCUT2D eigenvalue weighted by molar-refractivity contribution is 5.74. The topological polar surface area (TPSA) is 64.6 Å². The summed E-state index contributed by atoms with van der Waals surface area (Å²) in [6, 6.07) is 0.182. The van der Waals surface area contributed by atoms with E-state index in [9.17, 15) is 4.79 Å². The van der Waals surface area contributed by atoms with E-state index in [0.717, 1.165) is 38.9 Å². The number of hydrogen-bond acceptors (Lipinski definition) is 3. The zero-order valence-electron chi connectivity index (χ0n) is 11.9. The Kier molecular flexibility index (Phi) is 7.52. The van der Waals surface area contributed by atoms with Crippen LogP contribution >= 0.6 is 0 Å². The fourth-order valence-corrected chi connectivity index (χ4v) is 2.27. The second-order valence-corrected chi connectivity index (χ2v) is 5.34. The van der Waals surface area contributed by atoms with E-state index in [1.807, 2.05) is 13.0 Å². The van der Waals surface area contributed by atoms with Crippen molar-refractivity contribution in [3.63, 3.8) is 0 Å². The minimum Gasteiger partial charge on any atom is -0.396 e. The Labute approximate surface area is 116 Å². The van der Waals surface area contributed by atoms with Crippen molar-refractivity contribution >= 4 is 6.03 Å². The predicted octanol–water partition coefficient (Wildman–Crippen LogP) is 0.955. The third kappa shape index (κ3) is 6.59. The third-order valence-corrected chi connectivity index (χ3v) is 3.54. The smallest absolute Gasteiger partial charge is 0.315 e. The Morgan fingerprint density at radius 3 is 2.79 bits per heavy atom. The quantitative estimate of drug-likeness (QED) is 0.603. The number of carbonyl (C=O) groups excluding carboxylic acids is 1. The van der Waals surface area contributed by atoms with Crippen molar-refractivity contribution in [3.05, 3.63) is 12.7 Å². The van der Waals surface area contributed by atoms with Gasteiger partial charge in [0.2, 0.25) is 0 Å². The van der Waals surface area contributed by atoms with Crippen LogP contribution in [0, 0.1) is 5.92 Å². The van der Waals surface area contributed by atoms with Crippen LogP contribution in [0.2, 0.25) is 0 Å². The number of urea groups is 1. The van der Waals surface area contributed by atoms with Crippen molar-refractivity contribution in [3.8, 4) is 0 Å². The first kappa shape index (κ1) is 16.0. The number of amides is 2. The van der Waals surface area contributed by atoms with E-state index in [2.05, 4.69) is 22.1 Å². The monoisotopic (exact) mass is 269 g/mol. The molecule has 0 saturated carbocycles. The number of hydrogen-bond donors (Lipinski definition) is 3. The van der Waals surface area contributed by atoms with Crippen molar-refractivity contribution < 1.29 is 9.90 Å². The van der Waals surface area contributed by atoms with Gasteiger partial charge in [0.1, 0.15) is 0 Å². The highest BCUT2D eigenvalue weighted by atomic mass is 16.3. The van der Waals surface area contributed by atoms with Crippen molar-refractivity contribution in [2.75, 3.05) is 32.8 Å². The van der Waals surface area contributed by atoms with Gasteiger partial charge in [-0.2, -0.15) is 0 Å². The van der Waals surface area contributed by atoms with Crippen molar-refractivity contribution in [2.24, 2.45) is 5.92 Å². The average Bonchev–Trinajstić information content (AvgIpc) is 2.39. The van der Waals surface area contributed by atoms with Crippen molar-refractivity contribution in [1.82, 2.24) is 15.5 Å². The normalized spacial score (nSPS) is 18.8. The molecule has 1 aliphatic heterocycles. The lowest BCUT2D eigenvalue weighted by atomic mass is 10.1. The molecule has 1 aliphatic rings. The number of likely N-dealkylation sites (tertiary alicyclic amines) is 1. The number of rotatable bonds is 7. The van der Waals surface area contributed by atoms with Gasteiger partial charge in [-0.1, -0.05) is 13.0 Å². The molecule has 0 aromatic heterocycles. The van der Waals surface area contributed by atoms with E-state index >= 15 is 0 Å². The average molecular weight is 269 g/mol. The second-order valence-electron chi connectivity index (χ2n) is 5.34. The van der Waals surface area contributed by atoms with Crippen LogP contribution in [0.5, 0.6) is 0 Å². The third-order valence-electron chi connectivity index (χ3n) is 3.54. The van der Waals surface area contributed by atoms with Crippen molar-refractivity contribution in [1.29, 1.82) is 0 Å².